The SMILES string of the molecule is Cc1cc2c(Oc3cc(C(=O)O)ccc3I)nccn2n1. The Bertz CT molecular complexity index is 845. The average Bonchev–Trinajstić information content (AvgIpc) is 2.82. The molecule has 0 amide bonds. The predicted molar refractivity (Wildman–Crippen MR) is 83.9 cm³/mol. The van der Waals surface area contributed by atoms with E-state index in [1.165, 1.54) is 12.1 Å². The first kappa shape index (κ1) is 13.8. The maximum absolute atomic E-state index is 11.0. The molecule has 7 heteroatoms. The van der Waals surface area contributed by atoms with Gasteiger partial charge in [0, 0.05) is 12.4 Å². The van der Waals surface area contributed by atoms with Crippen LogP contribution in [0.1, 0.15) is 16.1 Å². The van der Waals surface area contributed by atoms with Crippen LogP contribution < -0.4 is 4.74 Å². The highest BCUT2D eigenvalue weighted by atomic mass is 127. The number of fused-ring (bicyclic) bond motifs is 1. The standard InChI is InChI=1S/C14H10IN3O3/c1-8-6-11-13(16-4-5-18(11)17-8)21-12-7-9(14(19)20)2-3-10(12)15/h2-7H,1H3,(H,19,20). The Hall–Kier alpha value is -2.16. The van der Waals surface area contributed by atoms with E-state index >= 15 is 0 Å². The fraction of sp³-hybridized carbons (Fsp3) is 0.0714. The third kappa shape index (κ3) is 2.68. The molecule has 0 saturated carbocycles. The van der Waals surface area contributed by atoms with Gasteiger partial charge in [-0.25, -0.2) is 14.3 Å². The Balaban J connectivity index is 2.06. The summed E-state index contributed by atoms with van der Waals surface area (Å²) in [5.74, 6) is -0.156. The molecule has 0 radical (unpaired) electrons. The summed E-state index contributed by atoms with van der Waals surface area (Å²) < 4.78 is 8.26. The molecule has 0 fully saturated rings. The molecule has 0 spiro atoms. The zero-order valence-corrected chi connectivity index (χ0v) is 13.1. The van der Waals surface area contributed by atoms with Crippen molar-refractivity contribution >= 4 is 34.1 Å². The van der Waals surface area contributed by atoms with E-state index in [1.54, 1.807) is 23.0 Å². The van der Waals surface area contributed by atoms with E-state index in [2.05, 4.69) is 32.7 Å². The Morgan fingerprint density at radius 1 is 1.38 bits per heavy atom. The number of aromatic carboxylic acids is 1. The third-order valence-corrected chi connectivity index (χ3v) is 3.75. The number of benzene rings is 1. The lowest BCUT2D eigenvalue weighted by Crippen LogP contribution is -1.99. The van der Waals surface area contributed by atoms with Crippen LogP contribution in [0.2, 0.25) is 0 Å². The van der Waals surface area contributed by atoms with Gasteiger partial charge in [0.05, 0.1) is 14.8 Å². The normalized spacial score (nSPS) is 10.8. The Kier molecular flexibility index (Phi) is 3.50. The number of nitrogens with zero attached hydrogens (tertiary/aromatic N) is 3. The van der Waals surface area contributed by atoms with Crippen molar-refractivity contribution in [2.24, 2.45) is 0 Å². The minimum absolute atomic E-state index is 0.169. The Morgan fingerprint density at radius 3 is 2.95 bits per heavy atom. The maximum Gasteiger partial charge on any atom is 0.335 e. The molecular weight excluding hydrogens is 385 g/mol. The molecule has 2 aromatic heterocycles. The van der Waals surface area contributed by atoms with Crippen LogP contribution in [0, 0.1) is 10.5 Å². The summed E-state index contributed by atoms with van der Waals surface area (Å²) in [6, 6.07) is 6.57. The van der Waals surface area contributed by atoms with Gasteiger partial charge in [-0.05, 0) is 53.8 Å². The van der Waals surface area contributed by atoms with Gasteiger partial charge < -0.3 is 9.84 Å². The summed E-state index contributed by atoms with van der Waals surface area (Å²) in [6.45, 7) is 1.88. The molecule has 0 saturated heterocycles. The number of aromatic nitrogens is 3. The van der Waals surface area contributed by atoms with Gasteiger partial charge >= 0.3 is 5.97 Å². The van der Waals surface area contributed by atoms with Crippen molar-refractivity contribution in [1.29, 1.82) is 0 Å². The van der Waals surface area contributed by atoms with Crippen LogP contribution in [0.15, 0.2) is 36.7 Å². The van der Waals surface area contributed by atoms with Crippen molar-refractivity contribution in [3.8, 4) is 11.6 Å². The van der Waals surface area contributed by atoms with Gasteiger partial charge in [0.25, 0.3) is 0 Å². The second-order valence-corrected chi connectivity index (χ2v) is 5.56. The van der Waals surface area contributed by atoms with Crippen LogP contribution in [-0.4, -0.2) is 25.7 Å². The van der Waals surface area contributed by atoms with E-state index < -0.39 is 5.97 Å². The fourth-order valence-corrected chi connectivity index (χ4v) is 2.36. The topological polar surface area (TPSA) is 76.7 Å². The summed E-state index contributed by atoms with van der Waals surface area (Å²) in [5, 5.41) is 13.3. The highest BCUT2D eigenvalue weighted by Gasteiger charge is 2.12. The fourth-order valence-electron chi connectivity index (χ4n) is 1.92. The monoisotopic (exact) mass is 395 g/mol. The number of carbonyl (C=O) groups is 1. The zero-order chi connectivity index (χ0) is 15.0. The number of hydrogen-bond acceptors (Lipinski definition) is 4. The van der Waals surface area contributed by atoms with E-state index in [0.717, 1.165) is 14.8 Å². The Labute approximate surface area is 133 Å². The molecule has 0 atom stereocenters. The summed E-state index contributed by atoms with van der Waals surface area (Å²) in [5.41, 5.74) is 1.75. The van der Waals surface area contributed by atoms with Gasteiger partial charge in [0.2, 0.25) is 5.88 Å². The predicted octanol–water partition coefficient (Wildman–Crippen LogP) is 3.13. The van der Waals surface area contributed by atoms with Crippen LogP contribution in [0.3, 0.4) is 0 Å². The van der Waals surface area contributed by atoms with Crippen molar-refractivity contribution in [2.75, 3.05) is 0 Å². The maximum atomic E-state index is 11.0. The molecule has 1 aromatic carbocycles. The molecule has 6 nitrogen and oxygen atoms in total. The van der Waals surface area contributed by atoms with Gasteiger partial charge in [-0.3, -0.25) is 0 Å². The second kappa shape index (κ2) is 5.32. The average molecular weight is 395 g/mol. The van der Waals surface area contributed by atoms with Gasteiger partial charge in [0.1, 0.15) is 11.3 Å². The van der Waals surface area contributed by atoms with Crippen LogP contribution in [-0.2, 0) is 0 Å². The minimum Gasteiger partial charge on any atom is -0.478 e. The van der Waals surface area contributed by atoms with Gasteiger partial charge in [-0.1, -0.05) is 0 Å². The number of rotatable bonds is 3. The van der Waals surface area contributed by atoms with Crippen LogP contribution in [0.5, 0.6) is 11.6 Å². The lowest BCUT2D eigenvalue weighted by molar-refractivity contribution is 0.0696. The molecule has 0 aliphatic carbocycles. The lowest BCUT2D eigenvalue weighted by atomic mass is 10.2. The van der Waals surface area contributed by atoms with Crippen molar-refractivity contribution in [2.45, 2.75) is 6.92 Å². The number of carboxylic acids is 1. The number of aryl methyl sites for hydroxylation is 1. The molecule has 2 heterocycles. The van der Waals surface area contributed by atoms with Gasteiger partial charge in [0.15, 0.2) is 0 Å². The third-order valence-electron chi connectivity index (χ3n) is 2.86. The van der Waals surface area contributed by atoms with E-state index in [0.29, 0.717) is 11.6 Å². The second-order valence-electron chi connectivity index (χ2n) is 4.40. The van der Waals surface area contributed by atoms with E-state index in [1.807, 2.05) is 13.0 Å². The molecule has 0 aliphatic rings. The molecule has 0 bridgehead atoms. The Morgan fingerprint density at radius 2 is 2.19 bits per heavy atom. The van der Waals surface area contributed by atoms with Gasteiger partial charge in [-0.15, -0.1) is 0 Å². The highest BCUT2D eigenvalue weighted by Crippen LogP contribution is 2.29. The molecular formula is C14H10IN3O3. The molecule has 21 heavy (non-hydrogen) atoms. The van der Waals surface area contributed by atoms with Gasteiger partial charge in [-0.2, -0.15) is 5.10 Å². The van der Waals surface area contributed by atoms with Crippen LogP contribution >= 0.6 is 22.6 Å². The largest absolute Gasteiger partial charge is 0.478 e. The van der Waals surface area contributed by atoms with E-state index in [4.69, 9.17) is 9.84 Å². The molecule has 3 aromatic rings. The molecule has 106 valence electrons. The zero-order valence-electron chi connectivity index (χ0n) is 10.9. The number of ether oxygens (including phenoxy) is 1. The molecule has 1 N–H and O–H groups in total. The van der Waals surface area contributed by atoms with E-state index in [9.17, 15) is 4.79 Å². The summed E-state index contributed by atoms with van der Waals surface area (Å²) in [6.07, 6.45) is 3.32. The first-order valence-electron chi connectivity index (χ1n) is 6.06. The van der Waals surface area contributed by atoms with Crippen molar-refractivity contribution in [3.63, 3.8) is 0 Å². The molecule has 0 aliphatic heterocycles. The smallest absolute Gasteiger partial charge is 0.335 e. The number of carboxylic acid groups (broad SMARTS) is 1. The van der Waals surface area contributed by atoms with Crippen LogP contribution in [0.25, 0.3) is 5.52 Å². The first-order valence-corrected chi connectivity index (χ1v) is 7.14. The number of hydrogen-bond donors (Lipinski definition) is 1. The quantitative estimate of drug-likeness (QED) is 0.690. The highest BCUT2D eigenvalue weighted by molar-refractivity contribution is 14.1. The minimum atomic E-state index is -0.998. The van der Waals surface area contributed by atoms with Crippen molar-refractivity contribution < 1.29 is 14.6 Å². The summed E-state index contributed by atoms with van der Waals surface area (Å²) in [4.78, 5) is 15.2. The molecule has 3 rings (SSSR count). The van der Waals surface area contributed by atoms with Crippen LogP contribution in [0.4, 0.5) is 0 Å². The molecule has 0 unspecified atom stereocenters. The summed E-state index contributed by atoms with van der Waals surface area (Å²) >= 11 is 2.09. The van der Waals surface area contributed by atoms with Crippen molar-refractivity contribution in [3.05, 3.63) is 51.5 Å². The lowest BCUT2D eigenvalue weighted by Gasteiger charge is -2.08. The van der Waals surface area contributed by atoms with Crippen molar-refractivity contribution in [1.82, 2.24) is 14.6 Å². The summed E-state index contributed by atoms with van der Waals surface area (Å²) in [7, 11) is 0. The van der Waals surface area contributed by atoms with E-state index in [-0.39, 0.29) is 5.56 Å². The first-order chi connectivity index (χ1) is 10.0. The number of halogens is 1.